The zero-order valence-corrected chi connectivity index (χ0v) is 11.8. The van der Waals surface area contributed by atoms with Gasteiger partial charge in [0, 0.05) is 11.1 Å². The van der Waals surface area contributed by atoms with E-state index in [-0.39, 0.29) is 17.7 Å². The van der Waals surface area contributed by atoms with Crippen molar-refractivity contribution in [2.45, 2.75) is 25.9 Å². The lowest BCUT2D eigenvalue weighted by Gasteiger charge is -2.08. The number of unbranched alkanes of at least 4 members (excludes halogenated alkanes) is 1. The molecule has 0 saturated carbocycles. The Kier molecular flexibility index (Phi) is 4.25. The molecular weight excluding hydrogens is 299 g/mol. The first-order valence-corrected chi connectivity index (χ1v) is 6.68. The third kappa shape index (κ3) is 2.84. The molecular formula is C15H14F3NO3. The van der Waals surface area contributed by atoms with E-state index in [2.05, 4.69) is 0 Å². The van der Waals surface area contributed by atoms with Crippen molar-refractivity contribution < 1.29 is 27.8 Å². The molecule has 2 N–H and O–H groups in total. The van der Waals surface area contributed by atoms with Gasteiger partial charge < -0.3 is 9.84 Å². The maximum atomic E-state index is 12.7. The third-order valence-electron chi connectivity index (χ3n) is 3.29. The molecule has 0 radical (unpaired) electrons. The average molecular weight is 313 g/mol. The number of carbonyl (C=O) groups excluding carboxylic acids is 1. The van der Waals surface area contributed by atoms with Crippen LogP contribution in [0, 0.1) is 5.41 Å². The highest BCUT2D eigenvalue weighted by Crippen LogP contribution is 2.36. The van der Waals surface area contributed by atoms with Crippen LogP contribution in [-0.4, -0.2) is 23.4 Å². The number of aliphatic hydroxyl groups excluding tert-OH is 1. The van der Waals surface area contributed by atoms with Crippen molar-refractivity contribution in [2.24, 2.45) is 0 Å². The molecule has 0 amide bonds. The van der Waals surface area contributed by atoms with Crippen LogP contribution in [-0.2, 0) is 15.7 Å². The predicted molar refractivity (Wildman–Crippen MR) is 73.7 cm³/mol. The minimum Gasteiger partial charge on any atom is -0.506 e. The number of hydrogen-bond donors (Lipinski definition) is 2. The van der Waals surface area contributed by atoms with Gasteiger partial charge >= 0.3 is 12.1 Å². The Hall–Kier alpha value is -2.31. The molecule has 0 spiro atoms. The summed E-state index contributed by atoms with van der Waals surface area (Å²) in [7, 11) is 0. The van der Waals surface area contributed by atoms with E-state index >= 15 is 0 Å². The molecule has 118 valence electrons. The molecule has 22 heavy (non-hydrogen) atoms. The molecule has 7 heteroatoms. The van der Waals surface area contributed by atoms with Crippen molar-refractivity contribution in [2.75, 3.05) is 6.61 Å². The predicted octanol–water partition coefficient (Wildman–Crippen LogP) is 3.70. The maximum Gasteiger partial charge on any atom is 0.416 e. The summed E-state index contributed by atoms with van der Waals surface area (Å²) in [6, 6.07) is 2.60. The van der Waals surface area contributed by atoms with Crippen molar-refractivity contribution in [3.8, 4) is 0 Å². The highest BCUT2D eigenvalue weighted by Gasteiger charge is 2.36. The highest BCUT2D eigenvalue weighted by atomic mass is 19.4. The van der Waals surface area contributed by atoms with Crippen molar-refractivity contribution in [1.29, 1.82) is 5.41 Å². The van der Waals surface area contributed by atoms with Crippen LogP contribution in [0.3, 0.4) is 0 Å². The number of carbonyl (C=O) groups is 1. The number of hydrogen-bond acceptors (Lipinski definition) is 4. The molecule has 0 aliphatic heterocycles. The lowest BCUT2D eigenvalue weighted by molar-refractivity contribution is -0.139. The van der Waals surface area contributed by atoms with Gasteiger partial charge in [0.2, 0.25) is 0 Å². The first-order valence-electron chi connectivity index (χ1n) is 6.68. The van der Waals surface area contributed by atoms with Crippen LogP contribution in [0.2, 0.25) is 0 Å². The van der Waals surface area contributed by atoms with Crippen LogP contribution in [0.15, 0.2) is 23.8 Å². The fraction of sp³-hybridized carbons (Fsp3) is 0.333. The number of alkyl halides is 3. The van der Waals surface area contributed by atoms with Gasteiger partial charge in [-0.15, -0.1) is 0 Å². The zero-order chi connectivity index (χ0) is 16.5. The molecule has 0 heterocycles. The summed E-state index contributed by atoms with van der Waals surface area (Å²) in [4.78, 5) is 11.9. The minimum absolute atomic E-state index is 0.0282. The van der Waals surface area contributed by atoms with Gasteiger partial charge in [-0.05, 0) is 24.6 Å². The number of nitrogens with one attached hydrogen (secondary N) is 1. The second-order valence-corrected chi connectivity index (χ2v) is 4.85. The Labute approximate surface area is 124 Å². The van der Waals surface area contributed by atoms with Crippen LogP contribution in [0.25, 0.3) is 5.76 Å². The number of halogens is 3. The second-order valence-electron chi connectivity index (χ2n) is 4.85. The van der Waals surface area contributed by atoms with Gasteiger partial charge in [-0.2, -0.15) is 13.2 Å². The molecule has 0 atom stereocenters. The van der Waals surface area contributed by atoms with Crippen LogP contribution in [0.1, 0.15) is 36.5 Å². The summed E-state index contributed by atoms with van der Waals surface area (Å²) in [5.74, 6) is -1.42. The van der Waals surface area contributed by atoms with E-state index < -0.39 is 34.8 Å². The molecule has 0 fully saturated rings. The molecule has 1 aromatic rings. The quantitative estimate of drug-likeness (QED) is 0.658. The van der Waals surface area contributed by atoms with Gasteiger partial charge in [-0.1, -0.05) is 13.3 Å². The highest BCUT2D eigenvalue weighted by molar-refractivity contribution is 6.33. The lowest BCUT2D eigenvalue weighted by Crippen LogP contribution is -2.15. The summed E-state index contributed by atoms with van der Waals surface area (Å²) < 4.78 is 43.0. The normalized spacial score (nSPS) is 14.3. The fourth-order valence-corrected chi connectivity index (χ4v) is 2.10. The molecule has 1 aliphatic carbocycles. The van der Waals surface area contributed by atoms with E-state index in [0.717, 1.165) is 24.6 Å². The van der Waals surface area contributed by atoms with E-state index in [4.69, 9.17) is 10.1 Å². The van der Waals surface area contributed by atoms with Crippen LogP contribution in [0.4, 0.5) is 13.2 Å². The molecule has 4 nitrogen and oxygen atoms in total. The smallest absolute Gasteiger partial charge is 0.416 e. The molecule has 1 aliphatic rings. The first-order chi connectivity index (χ1) is 10.3. The SMILES string of the molecule is CCCCOC(=O)C1=C(O)c2ccc(C(F)(F)F)cc2C1=N. The van der Waals surface area contributed by atoms with Crippen LogP contribution < -0.4 is 0 Å². The Balaban J connectivity index is 2.32. The van der Waals surface area contributed by atoms with E-state index in [1.807, 2.05) is 6.92 Å². The number of fused-ring (bicyclic) bond motifs is 1. The van der Waals surface area contributed by atoms with Crippen molar-refractivity contribution >= 4 is 17.4 Å². The van der Waals surface area contributed by atoms with Gasteiger partial charge in [0.1, 0.15) is 11.3 Å². The van der Waals surface area contributed by atoms with E-state index in [9.17, 15) is 23.1 Å². The lowest BCUT2D eigenvalue weighted by atomic mass is 10.0. The number of aliphatic hydroxyl groups is 1. The van der Waals surface area contributed by atoms with Crippen molar-refractivity contribution in [3.05, 3.63) is 40.5 Å². The Morgan fingerprint density at radius 2 is 2.00 bits per heavy atom. The first kappa shape index (κ1) is 16.1. The van der Waals surface area contributed by atoms with Crippen molar-refractivity contribution in [1.82, 2.24) is 0 Å². The Bertz CT molecular complexity index is 662. The van der Waals surface area contributed by atoms with E-state index in [1.54, 1.807) is 0 Å². The molecule has 1 aromatic carbocycles. The molecule has 2 rings (SSSR count). The number of rotatable bonds is 4. The number of benzene rings is 1. The van der Waals surface area contributed by atoms with Crippen molar-refractivity contribution in [3.63, 3.8) is 0 Å². The average Bonchev–Trinajstić information content (AvgIpc) is 2.70. The second kappa shape index (κ2) is 5.82. The largest absolute Gasteiger partial charge is 0.506 e. The number of ether oxygens (including phenoxy) is 1. The summed E-state index contributed by atoms with van der Waals surface area (Å²) >= 11 is 0. The van der Waals surface area contributed by atoms with E-state index in [1.165, 1.54) is 0 Å². The molecule has 0 aromatic heterocycles. The van der Waals surface area contributed by atoms with Crippen LogP contribution in [0.5, 0.6) is 0 Å². The molecule has 0 bridgehead atoms. The monoisotopic (exact) mass is 313 g/mol. The van der Waals surface area contributed by atoms with Crippen LogP contribution >= 0.6 is 0 Å². The Morgan fingerprint density at radius 3 is 2.59 bits per heavy atom. The summed E-state index contributed by atoms with van der Waals surface area (Å²) in [5, 5.41) is 17.8. The maximum absolute atomic E-state index is 12.7. The van der Waals surface area contributed by atoms with Gasteiger partial charge in [0.15, 0.2) is 0 Å². The summed E-state index contributed by atoms with van der Waals surface area (Å²) in [5.41, 5.74) is -1.90. The van der Waals surface area contributed by atoms with Gasteiger partial charge in [0.05, 0.1) is 17.9 Å². The number of esters is 1. The standard InChI is InChI=1S/C15H14F3NO3/c1-2-3-6-22-14(21)11-12(19)10-7-8(15(16,17)18)4-5-9(10)13(11)20/h4-5,7,19-20H,2-3,6H2,1H3. The fourth-order valence-electron chi connectivity index (χ4n) is 2.10. The summed E-state index contributed by atoms with van der Waals surface area (Å²) in [6.45, 7) is 2.03. The Morgan fingerprint density at radius 1 is 1.32 bits per heavy atom. The third-order valence-corrected chi connectivity index (χ3v) is 3.29. The zero-order valence-electron chi connectivity index (χ0n) is 11.8. The van der Waals surface area contributed by atoms with Gasteiger partial charge in [-0.3, -0.25) is 5.41 Å². The molecule has 0 unspecified atom stereocenters. The summed E-state index contributed by atoms with van der Waals surface area (Å²) in [6.07, 6.45) is -3.14. The van der Waals surface area contributed by atoms with Gasteiger partial charge in [-0.25, -0.2) is 4.79 Å². The molecule has 0 saturated heterocycles. The van der Waals surface area contributed by atoms with Gasteiger partial charge in [0.25, 0.3) is 0 Å². The topological polar surface area (TPSA) is 70.4 Å². The minimum atomic E-state index is -4.56. The van der Waals surface area contributed by atoms with E-state index in [0.29, 0.717) is 6.42 Å².